The Balaban J connectivity index is 1.59. The number of anilines is 1. The van der Waals surface area contributed by atoms with Crippen LogP contribution in [0.1, 0.15) is 16.7 Å². The number of carbonyl (C=O) groups excluding carboxylic acids is 3. The van der Waals surface area contributed by atoms with Gasteiger partial charge in [0.15, 0.2) is 0 Å². The number of aryl methyl sites for hydroxylation is 1. The number of halogens is 3. The Labute approximate surface area is 217 Å². The molecular weight excluding hydrogens is 588 g/mol. The fourth-order valence-corrected chi connectivity index (χ4v) is 4.58. The molecule has 34 heavy (non-hydrogen) atoms. The first kappa shape index (κ1) is 24.2. The van der Waals surface area contributed by atoms with Crippen molar-refractivity contribution in [3.63, 3.8) is 0 Å². The SMILES string of the molecule is Cc1cc(Br)ccc1N1C(=O)NC(=O)/C(=C/c2ccc(OCc3ccccc3Cl)c(Br)c2)C1=O. The lowest BCUT2D eigenvalue weighted by molar-refractivity contribution is -0.122. The van der Waals surface area contributed by atoms with Crippen LogP contribution in [0.3, 0.4) is 0 Å². The number of rotatable bonds is 5. The van der Waals surface area contributed by atoms with Crippen molar-refractivity contribution in [3.8, 4) is 5.75 Å². The Hall–Kier alpha value is -2.94. The van der Waals surface area contributed by atoms with Crippen LogP contribution in [-0.2, 0) is 16.2 Å². The van der Waals surface area contributed by atoms with Crippen molar-refractivity contribution in [1.82, 2.24) is 5.32 Å². The summed E-state index contributed by atoms with van der Waals surface area (Å²) in [5.74, 6) is -0.880. The van der Waals surface area contributed by atoms with Crippen molar-refractivity contribution in [2.45, 2.75) is 13.5 Å². The van der Waals surface area contributed by atoms with Gasteiger partial charge in [-0.15, -0.1) is 0 Å². The highest BCUT2D eigenvalue weighted by atomic mass is 79.9. The van der Waals surface area contributed by atoms with Gasteiger partial charge in [-0.3, -0.25) is 14.9 Å². The fourth-order valence-electron chi connectivity index (χ4n) is 3.41. The van der Waals surface area contributed by atoms with E-state index in [1.807, 2.05) is 18.2 Å². The Bertz CT molecular complexity index is 1360. The lowest BCUT2D eigenvalue weighted by Crippen LogP contribution is -2.54. The number of amides is 4. The molecule has 1 saturated heterocycles. The zero-order valence-corrected chi connectivity index (χ0v) is 21.7. The number of barbiturate groups is 1. The molecule has 0 atom stereocenters. The summed E-state index contributed by atoms with van der Waals surface area (Å²) in [6.45, 7) is 2.06. The molecule has 1 aliphatic heterocycles. The van der Waals surface area contributed by atoms with Gasteiger partial charge in [0.25, 0.3) is 11.8 Å². The Morgan fingerprint density at radius 3 is 2.50 bits per heavy atom. The summed E-state index contributed by atoms with van der Waals surface area (Å²) in [7, 11) is 0. The highest BCUT2D eigenvalue weighted by molar-refractivity contribution is 9.10. The monoisotopic (exact) mass is 602 g/mol. The van der Waals surface area contributed by atoms with Gasteiger partial charge < -0.3 is 4.74 Å². The number of imide groups is 2. The van der Waals surface area contributed by atoms with Crippen LogP contribution >= 0.6 is 43.5 Å². The number of nitrogens with zero attached hydrogens (tertiary/aromatic N) is 1. The van der Waals surface area contributed by atoms with Gasteiger partial charge in [-0.25, -0.2) is 9.69 Å². The minimum atomic E-state index is -0.790. The molecule has 0 bridgehead atoms. The van der Waals surface area contributed by atoms with Crippen molar-refractivity contribution in [1.29, 1.82) is 0 Å². The van der Waals surface area contributed by atoms with E-state index < -0.39 is 17.8 Å². The van der Waals surface area contributed by atoms with Crippen LogP contribution < -0.4 is 15.0 Å². The zero-order valence-electron chi connectivity index (χ0n) is 17.8. The normalized spacial score (nSPS) is 15.0. The summed E-state index contributed by atoms with van der Waals surface area (Å²) in [6, 6.07) is 16.9. The van der Waals surface area contributed by atoms with Gasteiger partial charge in [-0.05, 0) is 76.5 Å². The molecule has 3 aromatic carbocycles. The average molecular weight is 605 g/mol. The van der Waals surface area contributed by atoms with Gasteiger partial charge in [0, 0.05) is 15.1 Å². The maximum atomic E-state index is 13.1. The molecule has 1 N–H and O–H groups in total. The molecule has 1 fully saturated rings. The number of benzene rings is 3. The van der Waals surface area contributed by atoms with Gasteiger partial charge in [-0.2, -0.15) is 0 Å². The van der Waals surface area contributed by atoms with Gasteiger partial charge in [-0.1, -0.05) is 51.8 Å². The van der Waals surface area contributed by atoms with Gasteiger partial charge in [0.05, 0.1) is 10.2 Å². The Morgan fingerprint density at radius 1 is 1.03 bits per heavy atom. The first-order valence-corrected chi connectivity index (χ1v) is 12.0. The third-order valence-electron chi connectivity index (χ3n) is 5.11. The molecule has 1 aliphatic rings. The highest BCUT2D eigenvalue weighted by Gasteiger charge is 2.37. The average Bonchev–Trinajstić information content (AvgIpc) is 2.78. The molecule has 172 valence electrons. The van der Waals surface area contributed by atoms with Gasteiger partial charge >= 0.3 is 6.03 Å². The molecule has 3 aromatic rings. The number of hydrogen-bond acceptors (Lipinski definition) is 4. The van der Waals surface area contributed by atoms with Crippen LogP contribution in [0.4, 0.5) is 10.5 Å². The molecule has 1 heterocycles. The van der Waals surface area contributed by atoms with Crippen LogP contribution in [0.25, 0.3) is 6.08 Å². The highest BCUT2D eigenvalue weighted by Crippen LogP contribution is 2.30. The third kappa shape index (κ3) is 5.09. The van der Waals surface area contributed by atoms with Crippen LogP contribution in [0, 0.1) is 6.92 Å². The molecule has 6 nitrogen and oxygen atoms in total. The van der Waals surface area contributed by atoms with Crippen molar-refractivity contribution in [2.75, 3.05) is 4.90 Å². The van der Waals surface area contributed by atoms with Crippen LogP contribution in [-0.4, -0.2) is 17.8 Å². The summed E-state index contributed by atoms with van der Waals surface area (Å²) in [5.41, 5.74) is 2.37. The molecular formula is C25H17Br2ClN2O4. The Kier molecular flexibility index (Phi) is 7.21. The molecule has 0 aliphatic carbocycles. The standard InChI is InChI=1S/C25H17Br2ClN2O4/c1-14-10-17(26)7-8-21(14)30-24(32)18(23(31)29-25(30)33)11-15-6-9-22(19(27)12-15)34-13-16-4-2-3-5-20(16)28/h2-12H,13H2,1H3,(H,29,31,33)/b18-11-. The smallest absolute Gasteiger partial charge is 0.335 e. The van der Waals surface area contributed by atoms with Crippen molar-refractivity contribution in [2.24, 2.45) is 0 Å². The van der Waals surface area contributed by atoms with E-state index in [2.05, 4.69) is 37.2 Å². The predicted molar refractivity (Wildman–Crippen MR) is 138 cm³/mol. The van der Waals surface area contributed by atoms with E-state index in [9.17, 15) is 14.4 Å². The van der Waals surface area contributed by atoms with Crippen LogP contribution in [0.5, 0.6) is 5.75 Å². The molecule has 0 radical (unpaired) electrons. The molecule has 0 saturated carbocycles. The maximum Gasteiger partial charge on any atom is 0.335 e. The number of urea groups is 1. The minimum absolute atomic E-state index is 0.154. The molecule has 0 aromatic heterocycles. The van der Waals surface area contributed by atoms with E-state index >= 15 is 0 Å². The zero-order chi connectivity index (χ0) is 24.4. The largest absolute Gasteiger partial charge is 0.488 e. The second kappa shape index (κ2) is 10.1. The summed E-state index contributed by atoms with van der Waals surface area (Å²) in [6.07, 6.45) is 1.44. The molecule has 9 heteroatoms. The second-order valence-corrected chi connectivity index (χ2v) is 9.64. The van der Waals surface area contributed by atoms with E-state index in [-0.39, 0.29) is 12.2 Å². The van der Waals surface area contributed by atoms with E-state index in [0.29, 0.717) is 32.1 Å². The van der Waals surface area contributed by atoms with Gasteiger partial charge in [0.2, 0.25) is 0 Å². The number of carbonyl (C=O) groups is 3. The fraction of sp³-hybridized carbons (Fsp3) is 0.0800. The quantitative estimate of drug-likeness (QED) is 0.270. The summed E-state index contributed by atoms with van der Waals surface area (Å²) < 4.78 is 7.29. The summed E-state index contributed by atoms with van der Waals surface area (Å²) in [4.78, 5) is 39.0. The third-order valence-corrected chi connectivity index (χ3v) is 6.59. The van der Waals surface area contributed by atoms with Crippen LogP contribution in [0.15, 0.2) is 75.2 Å². The second-order valence-electron chi connectivity index (χ2n) is 7.46. The number of nitrogens with one attached hydrogen (secondary N) is 1. The predicted octanol–water partition coefficient (Wildman–Crippen LogP) is 6.42. The molecule has 4 rings (SSSR count). The van der Waals surface area contributed by atoms with Crippen molar-refractivity contribution < 1.29 is 19.1 Å². The van der Waals surface area contributed by atoms with Crippen LogP contribution in [0.2, 0.25) is 5.02 Å². The molecule has 0 spiro atoms. The molecule has 0 unspecified atom stereocenters. The first-order valence-electron chi connectivity index (χ1n) is 10.1. The first-order chi connectivity index (χ1) is 16.2. The van der Waals surface area contributed by atoms with E-state index in [1.165, 1.54) is 6.08 Å². The molecule has 4 amide bonds. The lowest BCUT2D eigenvalue weighted by atomic mass is 10.1. The topological polar surface area (TPSA) is 75.7 Å². The summed E-state index contributed by atoms with van der Waals surface area (Å²) in [5, 5.41) is 2.85. The van der Waals surface area contributed by atoms with E-state index in [1.54, 1.807) is 49.4 Å². The number of ether oxygens (including phenoxy) is 1. The van der Waals surface area contributed by atoms with E-state index in [4.69, 9.17) is 16.3 Å². The van der Waals surface area contributed by atoms with Gasteiger partial charge in [0.1, 0.15) is 17.9 Å². The van der Waals surface area contributed by atoms with E-state index in [0.717, 1.165) is 14.9 Å². The maximum absolute atomic E-state index is 13.1. The summed E-state index contributed by atoms with van der Waals surface area (Å²) >= 11 is 13.0. The van der Waals surface area contributed by atoms with Crippen molar-refractivity contribution >= 4 is 73.1 Å². The lowest BCUT2D eigenvalue weighted by Gasteiger charge is -2.27. The minimum Gasteiger partial charge on any atom is -0.488 e. The Morgan fingerprint density at radius 2 is 1.79 bits per heavy atom. The van der Waals surface area contributed by atoms with Crippen molar-refractivity contribution in [3.05, 3.63) is 96.9 Å². The number of hydrogen-bond donors (Lipinski definition) is 1.